The number of nitrogens with zero attached hydrogens (tertiary/aromatic N) is 1. The number of halogens is 2. The number of anilines is 1. The number of hydrogen-bond acceptors (Lipinski definition) is 4. The van der Waals surface area contributed by atoms with Crippen LogP contribution in [0.4, 0.5) is 14.5 Å². The Hall–Kier alpha value is -1.99. The second-order valence-electron chi connectivity index (χ2n) is 6.05. The Morgan fingerprint density at radius 3 is 2.28 bits per heavy atom. The predicted molar refractivity (Wildman–Crippen MR) is 91.6 cm³/mol. The normalized spacial score (nSPS) is 21.5. The number of ether oxygens (including phenoxy) is 1. The van der Waals surface area contributed by atoms with Crippen LogP contribution in [0.1, 0.15) is 18.6 Å². The number of rotatable bonds is 4. The first-order valence-corrected chi connectivity index (χ1v) is 9.50. The van der Waals surface area contributed by atoms with E-state index in [1.54, 1.807) is 12.1 Å². The number of hydrogen-bond donors (Lipinski definition) is 0. The third kappa shape index (κ3) is 3.82. The van der Waals surface area contributed by atoms with E-state index in [1.807, 2.05) is 37.3 Å². The maximum absolute atomic E-state index is 12.6. The van der Waals surface area contributed by atoms with Gasteiger partial charge < -0.3 is 9.64 Å². The Morgan fingerprint density at radius 1 is 1.04 bits per heavy atom. The molecule has 2 aromatic carbocycles. The molecule has 0 aliphatic carbocycles. The van der Waals surface area contributed by atoms with E-state index in [2.05, 4.69) is 4.90 Å². The molecule has 1 fully saturated rings. The summed E-state index contributed by atoms with van der Waals surface area (Å²) in [7, 11) is -4.57. The average molecular weight is 367 g/mol. The van der Waals surface area contributed by atoms with E-state index in [0.717, 1.165) is 11.3 Å². The van der Waals surface area contributed by atoms with Gasteiger partial charge in [-0.05, 0) is 36.8 Å². The van der Waals surface area contributed by atoms with Crippen molar-refractivity contribution < 1.29 is 21.9 Å². The van der Waals surface area contributed by atoms with Gasteiger partial charge in [0.25, 0.3) is 0 Å². The summed E-state index contributed by atoms with van der Waals surface area (Å²) < 4.78 is 54.3. The Kier molecular flexibility index (Phi) is 5.06. The van der Waals surface area contributed by atoms with Crippen molar-refractivity contribution in [3.63, 3.8) is 0 Å². The van der Waals surface area contributed by atoms with E-state index < -0.39 is 15.6 Å². The van der Waals surface area contributed by atoms with Crippen molar-refractivity contribution in [2.45, 2.75) is 29.8 Å². The lowest BCUT2D eigenvalue weighted by Gasteiger charge is -2.38. The van der Waals surface area contributed by atoms with Crippen molar-refractivity contribution in [3.05, 3.63) is 60.2 Å². The Bertz CT molecular complexity index is 810. The van der Waals surface area contributed by atoms with Gasteiger partial charge in [0.1, 0.15) is 6.10 Å². The van der Waals surface area contributed by atoms with Gasteiger partial charge >= 0.3 is 5.76 Å². The van der Waals surface area contributed by atoms with E-state index >= 15 is 0 Å². The highest BCUT2D eigenvalue weighted by molar-refractivity contribution is 7.91. The van der Waals surface area contributed by atoms with Crippen molar-refractivity contribution in [2.24, 2.45) is 0 Å². The van der Waals surface area contributed by atoms with Gasteiger partial charge in [-0.3, -0.25) is 0 Å². The topological polar surface area (TPSA) is 46.6 Å². The van der Waals surface area contributed by atoms with Gasteiger partial charge in [0.05, 0.1) is 11.0 Å². The number of sulfone groups is 1. The third-order valence-corrected chi connectivity index (χ3v) is 5.59. The Balaban J connectivity index is 1.81. The molecule has 0 N–H and O–H groups in total. The minimum Gasteiger partial charge on any atom is -0.367 e. The largest absolute Gasteiger partial charge is 0.367 e. The highest BCUT2D eigenvalue weighted by atomic mass is 32.2. The maximum atomic E-state index is 12.6. The molecule has 25 heavy (non-hydrogen) atoms. The lowest BCUT2D eigenvalue weighted by atomic mass is 10.1. The summed E-state index contributed by atoms with van der Waals surface area (Å²) >= 11 is 0. The van der Waals surface area contributed by atoms with E-state index in [0.29, 0.717) is 13.1 Å². The zero-order valence-corrected chi connectivity index (χ0v) is 14.5. The van der Waals surface area contributed by atoms with Crippen molar-refractivity contribution in [2.75, 3.05) is 18.0 Å². The number of morpholine rings is 1. The average Bonchev–Trinajstić information content (AvgIpc) is 2.62. The molecule has 1 heterocycles. The van der Waals surface area contributed by atoms with E-state index in [4.69, 9.17) is 4.74 Å². The van der Waals surface area contributed by atoms with Crippen molar-refractivity contribution in [1.29, 1.82) is 0 Å². The van der Waals surface area contributed by atoms with Gasteiger partial charge in [-0.15, -0.1) is 0 Å². The summed E-state index contributed by atoms with van der Waals surface area (Å²) in [6, 6.07) is 15.4. The van der Waals surface area contributed by atoms with Gasteiger partial charge in [-0.2, -0.15) is 8.78 Å². The lowest BCUT2D eigenvalue weighted by molar-refractivity contribution is -0.0173. The summed E-state index contributed by atoms with van der Waals surface area (Å²) in [5.74, 6) is -3.41. The van der Waals surface area contributed by atoms with Gasteiger partial charge in [0.2, 0.25) is 9.84 Å². The van der Waals surface area contributed by atoms with Crippen molar-refractivity contribution in [3.8, 4) is 0 Å². The zero-order valence-electron chi connectivity index (χ0n) is 13.7. The maximum Gasteiger partial charge on any atom is 0.341 e. The molecule has 0 amide bonds. The molecule has 4 nitrogen and oxygen atoms in total. The lowest BCUT2D eigenvalue weighted by Crippen LogP contribution is -2.42. The summed E-state index contributed by atoms with van der Waals surface area (Å²) in [6.07, 6.45) is -0.113. The van der Waals surface area contributed by atoms with Crippen LogP contribution in [0.5, 0.6) is 0 Å². The zero-order chi connectivity index (χ0) is 18.0. The molecule has 0 aromatic heterocycles. The molecule has 1 aliphatic rings. The Morgan fingerprint density at radius 2 is 1.68 bits per heavy atom. The van der Waals surface area contributed by atoms with Gasteiger partial charge in [-0.1, -0.05) is 30.3 Å². The van der Waals surface area contributed by atoms with Crippen molar-refractivity contribution in [1.82, 2.24) is 0 Å². The molecular weight excluding hydrogens is 348 g/mol. The molecule has 0 saturated carbocycles. The first kappa shape index (κ1) is 17.8. The van der Waals surface area contributed by atoms with Crippen LogP contribution in [0.3, 0.4) is 0 Å². The smallest absolute Gasteiger partial charge is 0.341 e. The summed E-state index contributed by atoms with van der Waals surface area (Å²) in [4.78, 5) is 1.71. The summed E-state index contributed by atoms with van der Waals surface area (Å²) in [5.41, 5.74) is 1.85. The fourth-order valence-corrected chi connectivity index (χ4v) is 3.68. The van der Waals surface area contributed by atoms with Crippen LogP contribution in [-0.2, 0) is 14.6 Å². The molecule has 1 aliphatic heterocycles. The van der Waals surface area contributed by atoms with Crippen LogP contribution in [0, 0.1) is 0 Å². The van der Waals surface area contributed by atoms with E-state index in [-0.39, 0.29) is 17.1 Å². The fraction of sp³-hybridized carbons (Fsp3) is 0.333. The molecule has 134 valence electrons. The second kappa shape index (κ2) is 7.09. The van der Waals surface area contributed by atoms with Gasteiger partial charge in [-0.25, -0.2) is 8.42 Å². The second-order valence-corrected chi connectivity index (χ2v) is 7.97. The summed E-state index contributed by atoms with van der Waals surface area (Å²) in [5, 5.41) is 0. The Labute approximate surface area is 146 Å². The van der Waals surface area contributed by atoms with Gasteiger partial charge in [0.15, 0.2) is 0 Å². The molecule has 1 saturated heterocycles. The molecular formula is C18H19F2NO3S. The van der Waals surface area contributed by atoms with Gasteiger partial charge in [0, 0.05) is 18.8 Å². The molecule has 0 bridgehead atoms. The van der Waals surface area contributed by atoms with E-state index in [1.165, 1.54) is 12.1 Å². The molecule has 2 atom stereocenters. The molecule has 2 aromatic rings. The molecule has 3 rings (SSSR count). The third-order valence-electron chi connectivity index (χ3n) is 4.20. The quantitative estimate of drug-likeness (QED) is 0.828. The fourth-order valence-electron chi connectivity index (χ4n) is 2.96. The van der Waals surface area contributed by atoms with E-state index in [9.17, 15) is 17.2 Å². The first-order chi connectivity index (χ1) is 11.9. The SMILES string of the molecule is CC1CN(c2ccc(S(=O)(=O)C(F)F)cc2)CC(c2ccccc2)O1. The minimum absolute atomic E-state index is 0.0107. The molecule has 0 spiro atoms. The van der Waals surface area contributed by atoms with Crippen LogP contribution in [0.2, 0.25) is 0 Å². The van der Waals surface area contributed by atoms with Crippen LogP contribution < -0.4 is 4.90 Å². The molecule has 2 unspecified atom stereocenters. The standard InChI is InChI=1S/C18H19F2NO3S/c1-13-11-21(12-17(24-13)14-5-3-2-4-6-14)15-7-9-16(10-8-15)25(22,23)18(19)20/h2-10,13,17-18H,11-12H2,1H3. The van der Waals surface area contributed by atoms with Crippen molar-refractivity contribution >= 4 is 15.5 Å². The first-order valence-electron chi connectivity index (χ1n) is 7.95. The number of alkyl halides is 2. The molecule has 7 heteroatoms. The highest BCUT2D eigenvalue weighted by Crippen LogP contribution is 2.29. The van der Waals surface area contributed by atoms with Crippen LogP contribution in [0.25, 0.3) is 0 Å². The highest BCUT2D eigenvalue weighted by Gasteiger charge is 2.28. The predicted octanol–water partition coefficient (Wildman–Crippen LogP) is 3.65. The van der Waals surface area contributed by atoms with Crippen LogP contribution in [-0.4, -0.2) is 33.4 Å². The summed E-state index contributed by atoms with van der Waals surface area (Å²) in [6.45, 7) is 3.22. The van der Waals surface area contributed by atoms with Crippen LogP contribution in [0.15, 0.2) is 59.5 Å². The minimum atomic E-state index is -4.57. The van der Waals surface area contributed by atoms with Crippen LogP contribution >= 0.6 is 0 Å². The molecule has 0 radical (unpaired) electrons. The monoisotopic (exact) mass is 367 g/mol. The number of benzene rings is 2.